The molecule has 0 aromatic heterocycles. The van der Waals surface area contributed by atoms with Gasteiger partial charge in [-0.05, 0) is 17.7 Å². The molecule has 1 aliphatic heterocycles. The predicted octanol–water partition coefficient (Wildman–Crippen LogP) is 3.50. The molecule has 3 rings (SSSR count). The maximum absolute atomic E-state index is 13.0. The topological polar surface area (TPSA) is 81.9 Å². The highest BCUT2D eigenvalue weighted by atomic mass is 19.4. The van der Waals surface area contributed by atoms with Crippen molar-refractivity contribution >= 4 is 11.6 Å². The van der Waals surface area contributed by atoms with Crippen molar-refractivity contribution in [1.29, 1.82) is 0 Å². The fourth-order valence-electron chi connectivity index (χ4n) is 2.96. The summed E-state index contributed by atoms with van der Waals surface area (Å²) in [5.74, 6) is 0.110. The van der Waals surface area contributed by atoms with Gasteiger partial charge < -0.3 is 14.4 Å². The molecule has 0 N–H and O–H groups in total. The van der Waals surface area contributed by atoms with Crippen LogP contribution in [0.1, 0.15) is 11.1 Å². The Morgan fingerprint density at radius 2 is 1.79 bits per heavy atom. The third-order valence-corrected chi connectivity index (χ3v) is 4.23. The minimum atomic E-state index is -4.65. The van der Waals surface area contributed by atoms with E-state index in [1.165, 1.54) is 24.3 Å². The number of amides is 1. The Kier molecular flexibility index (Phi) is 5.90. The molecule has 0 aliphatic carbocycles. The number of hydrogen-bond donors (Lipinski definition) is 0. The van der Waals surface area contributed by atoms with Crippen molar-refractivity contribution in [2.75, 3.05) is 19.8 Å². The zero-order chi connectivity index (χ0) is 21.0. The number of ether oxygens (including phenoxy) is 2. The monoisotopic (exact) mass is 410 g/mol. The molecule has 0 saturated heterocycles. The molecule has 7 nitrogen and oxygen atoms in total. The summed E-state index contributed by atoms with van der Waals surface area (Å²) in [6.45, 7) is -1.31. The Labute approximate surface area is 163 Å². The van der Waals surface area contributed by atoms with Gasteiger partial charge in [-0.15, -0.1) is 0 Å². The number of nitro benzene ring substituents is 1. The van der Waals surface area contributed by atoms with Gasteiger partial charge in [0.25, 0.3) is 5.69 Å². The number of halogens is 3. The van der Waals surface area contributed by atoms with Crippen LogP contribution in [0, 0.1) is 10.1 Å². The summed E-state index contributed by atoms with van der Waals surface area (Å²) in [6.07, 6.45) is -4.96. The van der Waals surface area contributed by atoms with Gasteiger partial charge in [0, 0.05) is 11.6 Å². The lowest BCUT2D eigenvalue weighted by Crippen LogP contribution is -2.39. The van der Waals surface area contributed by atoms with Crippen molar-refractivity contribution in [2.45, 2.75) is 19.1 Å². The standard InChI is InChI=1S/C19H17F3N2O5/c20-19(21,22)12-23(11-14-3-1-2-4-15(14)24(26)27)18(25)10-13-5-6-16-17(9-13)29-8-7-28-16/h1-6,9H,7-8,10-12H2. The van der Waals surface area contributed by atoms with Gasteiger partial charge in [0.05, 0.1) is 17.9 Å². The second-order valence-electron chi connectivity index (χ2n) is 6.41. The first-order valence-corrected chi connectivity index (χ1v) is 8.68. The lowest BCUT2D eigenvalue weighted by Gasteiger charge is -2.24. The van der Waals surface area contributed by atoms with Gasteiger partial charge in [-0.2, -0.15) is 13.2 Å². The van der Waals surface area contributed by atoms with E-state index >= 15 is 0 Å². The normalized spacial score (nSPS) is 13.1. The van der Waals surface area contributed by atoms with Crippen LogP contribution in [0.3, 0.4) is 0 Å². The van der Waals surface area contributed by atoms with Crippen LogP contribution in [0.15, 0.2) is 42.5 Å². The molecule has 0 fully saturated rings. The average Bonchev–Trinajstić information content (AvgIpc) is 2.66. The van der Waals surface area contributed by atoms with Gasteiger partial charge in [-0.1, -0.05) is 24.3 Å². The number of carbonyl (C=O) groups is 1. The Morgan fingerprint density at radius 1 is 1.10 bits per heavy atom. The Hall–Kier alpha value is -3.30. The highest BCUT2D eigenvalue weighted by Crippen LogP contribution is 2.31. The van der Waals surface area contributed by atoms with Crippen molar-refractivity contribution in [3.05, 3.63) is 63.7 Å². The summed E-state index contributed by atoms with van der Waals surface area (Å²) in [7, 11) is 0. The van der Waals surface area contributed by atoms with Crippen LogP contribution in [-0.2, 0) is 17.8 Å². The van der Waals surface area contributed by atoms with Crippen molar-refractivity contribution in [1.82, 2.24) is 4.90 Å². The maximum atomic E-state index is 13.0. The average molecular weight is 410 g/mol. The molecule has 2 aromatic rings. The van der Waals surface area contributed by atoms with Crippen molar-refractivity contribution in [3.8, 4) is 11.5 Å². The van der Waals surface area contributed by atoms with Crippen LogP contribution in [0.4, 0.5) is 18.9 Å². The quantitative estimate of drug-likeness (QED) is 0.538. The van der Waals surface area contributed by atoms with Crippen LogP contribution in [0.5, 0.6) is 11.5 Å². The molecule has 0 unspecified atom stereocenters. The van der Waals surface area contributed by atoms with E-state index in [9.17, 15) is 28.1 Å². The number of nitrogens with zero attached hydrogens (tertiary/aromatic N) is 2. The van der Waals surface area contributed by atoms with E-state index in [2.05, 4.69) is 0 Å². The summed E-state index contributed by atoms with van der Waals surface area (Å²) in [5, 5.41) is 11.1. The molecule has 10 heteroatoms. The smallest absolute Gasteiger partial charge is 0.406 e. The minimum absolute atomic E-state index is 0.0253. The second kappa shape index (κ2) is 8.38. The third kappa shape index (κ3) is 5.37. The number of rotatable bonds is 6. The van der Waals surface area contributed by atoms with E-state index < -0.39 is 30.1 Å². The van der Waals surface area contributed by atoms with E-state index in [0.29, 0.717) is 35.2 Å². The summed E-state index contributed by atoms with van der Waals surface area (Å²) in [6, 6.07) is 10.1. The molecule has 0 radical (unpaired) electrons. The van der Waals surface area contributed by atoms with Crippen LogP contribution < -0.4 is 9.47 Å². The summed E-state index contributed by atoms with van der Waals surface area (Å²) >= 11 is 0. The number of benzene rings is 2. The Bertz CT molecular complexity index is 917. The van der Waals surface area contributed by atoms with Crippen LogP contribution in [0.2, 0.25) is 0 Å². The molecule has 0 saturated carbocycles. The summed E-state index contributed by atoms with van der Waals surface area (Å²) < 4.78 is 49.9. The van der Waals surface area contributed by atoms with Crippen molar-refractivity contribution in [3.63, 3.8) is 0 Å². The number of hydrogen-bond acceptors (Lipinski definition) is 5. The van der Waals surface area contributed by atoms with Gasteiger partial charge >= 0.3 is 6.18 Å². The second-order valence-corrected chi connectivity index (χ2v) is 6.41. The first-order valence-electron chi connectivity index (χ1n) is 8.68. The summed E-state index contributed by atoms with van der Waals surface area (Å²) in [4.78, 5) is 23.6. The molecule has 0 spiro atoms. The molecule has 1 amide bonds. The largest absolute Gasteiger partial charge is 0.486 e. The van der Waals surface area contributed by atoms with E-state index in [-0.39, 0.29) is 17.7 Å². The SMILES string of the molecule is O=C(Cc1ccc2c(c1)OCCO2)N(Cc1ccccc1[N+](=O)[O-])CC(F)(F)F. The molecular weight excluding hydrogens is 393 g/mol. The third-order valence-electron chi connectivity index (χ3n) is 4.23. The van der Waals surface area contributed by atoms with Crippen molar-refractivity contribution < 1.29 is 32.4 Å². The first-order chi connectivity index (χ1) is 13.7. The number of carbonyl (C=O) groups excluding carboxylic acids is 1. The van der Waals surface area contributed by atoms with Gasteiger partial charge in [0.1, 0.15) is 19.8 Å². The maximum Gasteiger partial charge on any atom is 0.406 e. The van der Waals surface area contributed by atoms with E-state index in [0.717, 1.165) is 0 Å². The van der Waals surface area contributed by atoms with E-state index in [1.807, 2.05) is 0 Å². The number of fused-ring (bicyclic) bond motifs is 1. The lowest BCUT2D eigenvalue weighted by atomic mass is 10.1. The highest BCUT2D eigenvalue weighted by Gasteiger charge is 2.34. The lowest BCUT2D eigenvalue weighted by molar-refractivity contribution is -0.385. The number of alkyl halides is 3. The summed E-state index contributed by atoms with van der Waals surface area (Å²) in [5.41, 5.74) is 0.137. The van der Waals surface area contributed by atoms with Crippen molar-refractivity contribution in [2.24, 2.45) is 0 Å². The Morgan fingerprint density at radius 3 is 2.48 bits per heavy atom. The molecule has 2 aromatic carbocycles. The minimum Gasteiger partial charge on any atom is -0.486 e. The zero-order valence-electron chi connectivity index (χ0n) is 15.1. The van der Waals surface area contributed by atoms with Crippen LogP contribution in [0.25, 0.3) is 0 Å². The number of nitro groups is 1. The first kappa shape index (κ1) is 20.4. The molecule has 29 heavy (non-hydrogen) atoms. The highest BCUT2D eigenvalue weighted by molar-refractivity contribution is 5.79. The van der Waals surface area contributed by atoms with E-state index in [1.54, 1.807) is 18.2 Å². The molecular formula is C19H17F3N2O5. The van der Waals surface area contributed by atoms with E-state index in [4.69, 9.17) is 9.47 Å². The molecule has 0 bridgehead atoms. The zero-order valence-corrected chi connectivity index (χ0v) is 15.1. The van der Waals surface area contributed by atoms with Crippen LogP contribution >= 0.6 is 0 Å². The fraction of sp³-hybridized carbons (Fsp3) is 0.316. The van der Waals surface area contributed by atoms with Gasteiger partial charge in [-0.3, -0.25) is 14.9 Å². The molecule has 0 atom stereocenters. The molecule has 1 heterocycles. The molecule has 154 valence electrons. The fourth-order valence-corrected chi connectivity index (χ4v) is 2.96. The van der Waals surface area contributed by atoms with Gasteiger partial charge in [-0.25, -0.2) is 0 Å². The van der Waals surface area contributed by atoms with Crippen LogP contribution in [-0.4, -0.2) is 41.7 Å². The van der Waals surface area contributed by atoms with Gasteiger partial charge in [0.15, 0.2) is 11.5 Å². The predicted molar refractivity (Wildman–Crippen MR) is 95.7 cm³/mol. The van der Waals surface area contributed by atoms with Gasteiger partial charge in [0.2, 0.25) is 5.91 Å². The number of para-hydroxylation sites is 1. The molecule has 1 aliphatic rings. The Balaban J connectivity index is 1.81.